The lowest BCUT2D eigenvalue weighted by molar-refractivity contribution is -0.122. The molecule has 0 saturated carbocycles. The maximum Gasteiger partial charge on any atom is 0.335 e. The molecule has 166 valence electrons. The van der Waals surface area contributed by atoms with Crippen LogP contribution in [0, 0.1) is 0 Å². The molecule has 4 rings (SSSR count). The van der Waals surface area contributed by atoms with Crippen LogP contribution in [0.3, 0.4) is 0 Å². The third kappa shape index (κ3) is 5.51. The molecule has 0 aromatic heterocycles. The van der Waals surface area contributed by atoms with Crippen LogP contribution in [-0.4, -0.2) is 33.6 Å². The van der Waals surface area contributed by atoms with Crippen molar-refractivity contribution in [2.75, 3.05) is 6.54 Å². The van der Waals surface area contributed by atoms with Gasteiger partial charge in [-0.3, -0.25) is 9.69 Å². The van der Waals surface area contributed by atoms with Crippen molar-refractivity contribution in [1.29, 1.82) is 0 Å². The van der Waals surface area contributed by atoms with E-state index in [-0.39, 0.29) is 11.5 Å². The molecule has 7 heteroatoms. The smallest absolute Gasteiger partial charge is 0.335 e. The Bertz CT molecular complexity index is 1200. The Labute approximate surface area is 196 Å². The number of thioether (sulfide) groups is 1. The van der Waals surface area contributed by atoms with Gasteiger partial charge in [0.1, 0.15) is 12.4 Å². The van der Waals surface area contributed by atoms with Crippen LogP contribution in [0.15, 0.2) is 88.8 Å². The standard InChI is InChI=1S/C26H22N2O4S/c1-2-28-24(29)23(33-26(28)27-21-12-10-20(11-13-21)25(30)31)16-18-8-14-22(15-9-18)32-17-19-6-4-3-5-7-19/h3-16H,2,17H2,1H3,(H,30,31)/b23-16+,27-26?. The maximum atomic E-state index is 12.9. The fourth-order valence-electron chi connectivity index (χ4n) is 3.21. The summed E-state index contributed by atoms with van der Waals surface area (Å²) >= 11 is 1.30. The third-order valence-corrected chi connectivity index (χ3v) is 5.98. The highest BCUT2D eigenvalue weighted by Gasteiger charge is 2.32. The zero-order valence-corrected chi connectivity index (χ0v) is 18.8. The molecule has 1 amide bonds. The number of aromatic carboxylic acids is 1. The number of hydrogen-bond acceptors (Lipinski definition) is 5. The van der Waals surface area contributed by atoms with Crippen LogP contribution >= 0.6 is 11.8 Å². The second kappa shape index (κ2) is 10.2. The summed E-state index contributed by atoms with van der Waals surface area (Å²) in [5, 5.41) is 9.61. The number of rotatable bonds is 7. The van der Waals surface area contributed by atoms with E-state index in [1.54, 1.807) is 17.0 Å². The first kappa shape index (κ1) is 22.4. The van der Waals surface area contributed by atoms with Crippen molar-refractivity contribution in [3.05, 3.63) is 100 Å². The summed E-state index contributed by atoms with van der Waals surface area (Å²) in [6.07, 6.45) is 1.84. The number of ether oxygens (including phenoxy) is 1. The van der Waals surface area contributed by atoms with Gasteiger partial charge in [0.2, 0.25) is 0 Å². The van der Waals surface area contributed by atoms with Gasteiger partial charge in [0.25, 0.3) is 5.91 Å². The van der Waals surface area contributed by atoms with Gasteiger partial charge in [0, 0.05) is 6.54 Å². The summed E-state index contributed by atoms with van der Waals surface area (Å²) in [5.74, 6) is -0.335. The van der Waals surface area contributed by atoms with Crippen LogP contribution in [0.4, 0.5) is 5.69 Å². The molecule has 0 unspecified atom stereocenters. The minimum absolute atomic E-state index is 0.104. The highest BCUT2D eigenvalue weighted by atomic mass is 32.2. The Balaban J connectivity index is 1.47. The Hall–Kier alpha value is -3.84. The summed E-state index contributed by atoms with van der Waals surface area (Å²) in [4.78, 5) is 30.6. The molecule has 0 atom stereocenters. The van der Waals surface area contributed by atoms with E-state index < -0.39 is 5.97 Å². The Morgan fingerprint density at radius 3 is 2.36 bits per heavy atom. The molecule has 6 nitrogen and oxygen atoms in total. The van der Waals surface area contributed by atoms with E-state index in [0.717, 1.165) is 16.9 Å². The van der Waals surface area contributed by atoms with Gasteiger partial charge in [-0.05, 0) is 72.3 Å². The van der Waals surface area contributed by atoms with Crippen molar-refractivity contribution in [2.24, 2.45) is 4.99 Å². The minimum atomic E-state index is -0.989. The molecule has 1 fully saturated rings. The molecule has 0 bridgehead atoms. The van der Waals surface area contributed by atoms with Gasteiger partial charge < -0.3 is 9.84 Å². The van der Waals surface area contributed by atoms with Gasteiger partial charge in [0.15, 0.2) is 5.17 Å². The number of nitrogens with zero attached hydrogens (tertiary/aromatic N) is 2. The number of amidine groups is 1. The average Bonchev–Trinajstić information content (AvgIpc) is 3.13. The van der Waals surface area contributed by atoms with Gasteiger partial charge in [-0.25, -0.2) is 9.79 Å². The summed E-state index contributed by atoms with van der Waals surface area (Å²) < 4.78 is 5.82. The largest absolute Gasteiger partial charge is 0.489 e. The van der Waals surface area contributed by atoms with E-state index in [1.165, 1.54) is 23.9 Å². The fourth-order valence-corrected chi connectivity index (χ4v) is 4.27. The Morgan fingerprint density at radius 1 is 1.03 bits per heavy atom. The van der Waals surface area contributed by atoms with Crippen LogP contribution in [0.25, 0.3) is 6.08 Å². The van der Waals surface area contributed by atoms with Crippen molar-refractivity contribution in [2.45, 2.75) is 13.5 Å². The fraction of sp³-hybridized carbons (Fsp3) is 0.115. The van der Waals surface area contributed by atoms with E-state index in [2.05, 4.69) is 4.99 Å². The predicted molar refractivity (Wildman–Crippen MR) is 131 cm³/mol. The first-order chi connectivity index (χ1) is 16.0. The molecule has 0 aliphatic carbocycles. The normalized spacial score (nSPS) is 15.9. The molecule has 1 aliphatic heterocycles. The lowest BCUT2D eigenvalue weighted by atomic mass is 10.2. The average molecular weight is 459 g/mol. The molecule has 1 saturated heterocycles. The maximum absolute atomic E-state index is 12.9. The lowest BCUT2D eigenvalue weighted by Crippen LogP contribution is -2.28. The summed E-state index contributed by atoms with van der Waals surface area (Å²) in [5.41, 5.74) is 2.77. The number of likely N-dealkylation sites (N-methyl/N-ethyl adjacent to an activating group) is 1. The molecule has 33 heavy (non-hydrogen) atoms. The van der Waals surface area contributed by atoms with Crippen LogP contribution in [-0.2, 0) is 11.4 Å². The van der Waals surface area contributed by atoms with Crippen molar-refractivity contribution >= 4 is 40.6 Å². The van der Waals surface area contributed by atoms with E-state index >= 15 is 0 Å². The molecule has 0 radical (unpaired) electrons. The monoisotopic (exact) mass is 458 g/mol. The van der Waals surface area contributed by atoms with Crippen LogP contribution in [0.2, 0.25) is 0 Å². The first-order valence-electron chi connectivity index (χ1n) is 10.4. The van der Waals surface area contributed by atoms with E-state index in [9.17, 15) is 9.59 Å². The van der Waals surface area contributed by atoms with Gasteiger partial charge in [0.05, 0.1) is 16.2 Å². The second-order valence-electron chi connectivity index (χ2n) is 7.25. The highest BCUT2D eigenvalue weighted by molar-refractivity contribution is 8.18. The number of carbonyl (C=O) groups excluding carboxylic acids is 1. The molecule has 3 aromatic carbocycles. The number of amides is 1. The van der Waals surface area contributed by atoms with E-state index in [0.29, 0.717) is 28.9 Å². The topological polar surface area (TPSA) is 79.2 Å². The second-order valence-corrected chi connectivity index (χ2v) is 8.26. The Morgan fingerprint density at radius 2 is 1.73 bits per heavy atom. The van der Waals surface area contributed by atoms with E-state index in [1.807, 2.05) is 67.6 Å². The molecule has 0 spiro atoms. The zero-order valence-electron chi connectivity index (χ0n) is 18.0. The van der Waals surface area contributed by atoms with Gasteiger partial charge in [-0.15, -0.1) is 0 Å². The number of carboxylic acid groups (broad SMARTS) is 1. The quantitative estimate of drug-likeness (QED) is 0.467. The zero-order chi connectivity index (χ0) is 23.2. The number of hydrogen-bond donors (Lipinski definition) is 1. The summed E-state index contributed by atoms with van der Waals surface area (Å²) in [6, 6.07) is 23.8. The SMILES string of the molecule is CCN1C(=O)/C(=C\c2ccc(OCc3ccccc3)cc2)SC1=Nc1ccc(C(=O)O)cc1. The number of aliphatic imine (C=N–C) groups is 1. The summed E-state index contributed by atoms with van der Waals surface area (Å²) in [6.45, 7) is 2.87. The molecule has 3 aromatic rings. The molecular formula is C26H22N2O4S. The van der Waals surface area contributed by atoms with Crippen LogP contribution in [0.5, 0.6) is 5.75 Å². The highest BCUT2D eigenvalue weighted by Crippen LogP contribution is 2.34. The van der Waals surface area contributed by atoms with E-state index in [4.69, 9.17) is 9.84 Å². The number of carboxylic acids is 1. The number of benzene rings is 3. The minimum Gasteiger partial charge on any atom is -0.489 e. The van der Waals surface area contributed by atoms with Crippen LogP contribution < -0.4 is 4.74 Å². The number of carbonyl (C=O) groups is 2. The van der Waals surface area contributed by atoms with Gasteiger partial charge in [-0.1, -0.05) is 42.5 Å². The van der Waals surface area contributed by atoms with Crippen LogP contribution in [0.1, 0.15) is 28.4 Å². The first-order valence-corrected chi connectivity index (χ1v) is 11.3. The molecule has 1 N–H and O–H groups in total. The lowest BCUT2D eigenvalue weighted by Gasteiger charge is -2.12. The molecule has 1 heterocycles. The third-order valence-electron chi connectivity index (χ3n) is 4.97. The van der Waals surface area contributed by atoms with Crippen molar-refractivity contribution in [1.82, 2.24) is 4.90 Å². The predicted octanol–water partition coefficient (Wildman–Crippen LogP) is 5.59. The van der Waals surface area contributed by atoms with Gasteiger partial charge >= 0.3 is 5.97 Å². The summed E-state index contributed by atoms with van der Waals surface area (Å²) in [7, 11) is 0. The Kier molecular flexibility index (Phi) is 6.90. The van der Waals surface area contributed by atoms with Crippen molar-refractivity contribution in [3.63, 3.8) is 0 Å². The van der Waals surface area contributed by atoms with Crippen molar-refractivity contribution < 1.29 is 19.4 Å². The molecular weight excluding hydrogens is 436 g/mol. The van der Waals surface area contributed by atoms with Gasteiger partial charge in [-0.2, -0.15) is 0 Å². The molecule has 1 aliphatic rings. The van der Waals surface area contributed by atoms with Crippen molar-refractivity contribution in [3.8, 4) is 5.75 Å².